The number of piperidine rings is 1. The van der Waals surface area contributed by atoms with Crippen molar-refractivity contribution in [3.63, 3.8) is 0 Å². The topological polar surface area (TPSA) is 24.1 Å². The van der Waals surface area contributed by atoms with Crippen LogP contribution in [-0.2, 0) is 0 Å². The highest BCUT2D eigenvalue weighted by Crippen LogP contribution is 2.31. The molecule has 2 unspecified atom stereocenters. The normalized spacial score (nSPS) is 47.1. The quantitative estimate of drug-likeness (QED) is 0.507. The highest BCUT2D eigenvalue weighted by Gasteiger charge is 2.43. The SMILES string of the molecule is CC1CNC12CCCNC2. The predicted octanol–water partition coefficient (Wildman–Crippen LogP) is 0.348. The van der Waals surface area contributed by atoms with Crippen molar-refractivity contribution < 1.29 is 0 Å². The van der Waals surface area contributed by atoms with Crippen LogP contribution in [0.3, 0.4) is 0 Å². The first-order valence-electron chi connectivity index (χ1n) is 4.29. The van der Waals surface area contributed by atoms with Crippen LogP contribution in [0.2, 0.25) is 0 Å². The van der Waals surface area contributed by atoms with Crippen molar-refractivity contribution in [3.05, 3.63) is 0 Å². The van der Waals surface area contributed by atoms with E-state index in [1.54, 1.807) is 0 Å². The maximum atomic E-state index is 3.55. The zero-order chi connectivity index (χ0) is 7.03. The molecule has 0 aromatic carbocycles. The molecule has 2 rings (SSSR count). The Balaban J connectivity index is 1.99. The van der Waals surface area contributed by atoms with Crippen molar-refractivity contribution >= 4 is 0 Å². The largest absolute Gasteiger partial charge is 0.315 e. The Kier molecular flexibility index (Phi) is 1.46. The first-order valence-corrected chi connectivity index (χ1v) is 4.29. The average Bonchev–Trinajstić information content (AvgIpc) is 2.04. The molecule has 0 bridgehead atoms. The van der Waals surface area contributed by atoms with Crippen LogP contribution in [0, 0.1) is 5.92 Å². The van der Waals surface area contributed by atoms with Gasteiger partial charge in [0.1, 0.15) is 0 Å². The Labute approximate surface area is 62.4 Å². The van der Waals surface area contributed by atoms with E-state index in [2.05, 4.69) is 17.6 Å². The first-order chi connectivity index (χ1) is 4.83. The van der Waals surface area contributed by atoms with E-state index in [0.717, 1.165) is 5.92 Å². The van der Waals surface area contributed by atoms with Crippen molar-refractivity contribution in [2.45, 2.75) is 25.3 Å². The van der Waals surface area contributed by atoms with Gasteiger partial charge in [-0.05, 0) is 25.3 Å². The summed E-state index contributed by atoms with van der Waals surface area (Å²) < 4.78 is 0. The van der Waals surface area contributed by atoms with Crippen molar-refractivity contribution in [1.29, 1.82) is 0 Å². The van der Waals surface area contributed by atoms with Gasteiger partial charge in [-0.2, -0.15) is 0 Å². The van der Waals surface area contributed by atoms with Crippen LogP contribution in [-0.4, -0.2) is 25.2 Å². The van der Waals surface area contributed by atoms with E-state index in [1.807, 2.05) is 0 Å². The number of nitrogens with one attached hydrogen (secondary N) is 2. The number of hydrogen-bond donors (Lipinski definition) is 2. The third-order valence-corrected chi connectivity index (χ3v) is 3.12. The van der Waals surface area contributed by atoms with Crippen LogP contribution < -0.4 is 10.6 Å². The molecular weight excluding hydrogens is 124 g/mol. The summed E-state index contributed by atoms with van der Waals surface area (Å²) in [6, 6.07) is 0. The molecule has 2 N–H and O–H groups in total. The van der Waals surface area contributed by atoms with Crippen molar-refractivity contribution in [2.24, 2.45) is 5.92 Å². The molecule has 2 heteroatoms. The fourth-order valence-corrected chi connectivity index (χ4v) is 2.10. The van der Waals surface area contributed by atoms with Crippen LogP contribution >= 0.6 is 0 Å². The van der Waals surface area contributed by atoms with E-state index >= 15 is 0 Å². The smallest absolute Gasteiger partial charge is 0.0344 e. The van der Waals surface area contributed by atoms with E-state index in [-0.39, 0.29) is 0 Å². The van der Waals surface area contributed by atoms with Gasteiger partial charge in [0.05, 0.1) is 0 Å². The molecule has 2 nitrogen and oxygen atoms in total. The second kappa shape index (κ2) is 2.21. The van der Waals surface area contributed by atoms with Gasteiger partial charge in [0.15, 0.2) is 0 Å². The highest BCUT2D eigenvalue weighted by molar-refractivity contribution is 5.04. The van der Waals surface area contributed by atoms with E-state index in [1.165, 1.54) is 32.5 Å². The molecule has 2 saturated heterocycles. The number of rotatable bonds is 0. The molecule has 2 aliphatic heterocycles. The Morgan fingerprint density at radius 3 is 2.70 bits per heavy atom. The summed E-state index contributed by atoms with van der Waals surface area (Å²) in [5, 5.41) is 6.99. The van der Waals surface area contributed by atoms with Crippen LogP contribution in [0.1, 0.15) is 19.8 Å². The van der Waals surface area contributed by atoms with Gasteiger partial charge in [-0.1, -0.05) is 6.92 Å². The zero-order valence-electron chi connectivity index (χ0n) is 6.61. The summed E-state index contributed by atoms with van der Waals surface area (Å²) in [6.45, 7) is 5.98. The van der Waals surface area contributed by atoms with E-state index < -0.39 is 0 Å². The molecule has 2 aliphatic rings. The summed E-state index contributed by atoms with van der Waals surface area (Å²) in [7, 11) is 0. The summed E-state index contributed by atoms with van der Waals surface area (Å²) in [6.07, 6.45) is 2.72. The molecule has 0 radical (unpaired) electrons. The molecule has 10 heavy (non-hydrogen) atoms. The molecule has 0 aromatic heterocycles. The highest BCUT2D eigenvalue weighted by atomic mass is 15.1. The minimum Gasteiger partial charge on any atom is -0.315 e. The third kappa shape index (κ3) is 0.789. The molecule has 0 aromatic rings. The molecule has 2 atom stereocenters. The van der Waals surface area contributed by atoms with Crippen molar-refractivity contribution in [1.82, 2.24) is 10.6 Å². The lowest BCUT2D eigenvalue weighted by atomic mass is 9.73. The van der Waals surface area contributed by atoms with Gasteiger partial charge in [0, 0.05) is 18.6 Å². The van der Waals surface area contributed by atoms with E-state index in [4.69, 9.17) is 0 Å². The van der Waals surface area contributed by atoms with Gasteiger partial charge >= 0.3 is 0 Å². The fourth-order valence-electron chi connectivity index (χ4n) is 2.10. The molecule has 0 saturated carbocycles. The molecule has 2 heterocycles. The summed E-state index contributed by atoms with van der Waals surface area (Å²) in [5.74, 6) is 0.889. The minimum atomic E-state index is 0.498. The predicted molar refractivity (Wildman–Crippen MR) is 42.0 cm³/mol. The van der Waals surface area contributed by atoms with Crippen LogP contribution in [0.4, 0.5) is 0 Å². The van der Waals surface area contributed by atoms with Crippen LogP contribution in [0.15, 0.2) is 0 Å². The zero-order valence-corrected chi connectivity index (χ0v) is 6.61. The average molecular weight is 140 g/mol. The molecule has 0 amide bonds. The monoisotopic (exact) mass is 140 g/mol. The van der Waals surface area contributed by atoms with Gasteiger partial charge in [0.2, 0.25) is 0 Å². The standard InChI is InChI=1S/C8H16N2/c1-7-5-10-8(7)3-2-4-9-6-8/h7,9-10H,2-6H2,1H3. The maximum absolute atomic E-state index is 3.55. The van der Waals surface area contributed by atoms with Crippen LogP contribution in [0.25, 0.3) is 0 Å². The summed E-state index contributed by atoms with van der Waals surface area (Å²) in [5.41, 5.74) is 0.498. The van der Waals surface area contributed by atoms with Crippen molar-refractivity contribution in [2.75, 3.05) is 19.6 Å². The second-order valence-electron chi connectivity index (χ2n) is 3.72. The Morgan fingerprint density at radius 1 is 1.50 bits per heavy atom. The number of hydrogen-bond acceptors (Lipinski definition) is 2. The van der Waals surface area contributed by atoms with Gasteiger partial charge in [-0.3, -0.25) is 0 Å². The summed E-state index contributed by atoms with van der Waals surface area (Å²) in [4.78, 5) is 0. The minimum absolute atomic E-state index is 0.498. The lowest BCUT2D eigenvalue weighted by molar-refractivity contribution is 0.0830. The molecule has 1 spiro atoms. The Morgan fingerprint density at radius 2 is 2.40 bits per heavy atom. The first kappa shape index (κ1) is 6.62. The van der Waals surface area contributed by atoms with Gasteiger partial charge in [-0.25, -0.2) is 0 Å². The van der Waals surface area contributed by atoms with Gasteiger partial charge in [-0.15, -0.1) is 0 Å². The Hall–Kier alpha value is -0.0800. The molecular formula is C8H16N2. The van der Waals surface area contributed by atoms with E-state index in [9.17, 15) is 0 Å². The lowest BCUT2D eigenvalue weighted by Gasteiger charge is -2.52. The molecule has 58 valence electrons. The second-order valence-corrected chi connectivity index (χ2v) is 3.72. The van der Waals surface area contributed by atoms with Gasteiger partial charge < -0.3 is 10.6 Å². The summed E-state index contributed by atoms with van der Waals surface area (Å²) >= 11 is 0. The van der Waals surface area contributed by atoms with Crippen molar-refractivity contribution in [3.8, 4) is 0 Å². The lowest BCUT2D eigenvalue weighted by Crippen LogP contribution is -2.70. The molecule has 0 aliphatic carbocycles. The third-order valence-electron chi connectivity index (χ3n) is 3.12. The van der Waals surface area contributed by atoms with Crippen LogP contribution in [0.5, 0.6) is 0 Å². The maximum Gasteiger partial charge on any atom is 0.0344 e. The molecule has 2 fully saturated rings. The van der Waals surface area contributed by atoms with Gasteiger partial charge in [0.25, 0.3) is 0 Å². The van der Waals surface area contributed by atoms with E-state index in [0.29, 0.717) is 5.54 Å². The fraction of sp³-hybridized carbons (Fsp3) is 1.00. The Bertz CT molecular complexity index is 127.